The normalized spacial score (nSPS) is 10.2. The number of hydrogen-bond acceptors (Lipinski definition) is 3. The summed E-state index contributed by atoms with van der Waals surface area (Å²) in [5, 5.41) is 9.16. The molecule has 0 bridgehead atoms. The number of benzene rings is 2. The van der Waals surface area contributed by atoms with E-state index in [2.05, 4.69) is 15.9 Å². The summed E-state index contributed by atoms with van der Waals surface area (Å²) in [5.41, 5.74) is 2.96. The number of nitrogens with zero attached hydrogens (tertiary/aromatic N) is 1. The number of carboxylic acids is 1. The molecule has 2 aromatic carbocycles. The molecule has 0 aliphatic heterocycles. The molecular weight excluding hydrogens is 389 g/mol. The van der Waals surface area contributed by atoms with Gasteiger partial charge in [0.1, 0.15) is 17.5 Å². The number of halogens is 2. The van der Waals surface area contributed by atoms with Crippen molar-refractivity contribution in [3.8, 4) is 0 Å². The van der Waals surface area contributed by atoms with Gasteiger partial charge in [0.25, 0.3) is 0 Å². The molecule has 1 N–H and O–H groups in total. The minimum absolute atomic E-state index is 0.0463. The zero-order valence-electron chi connectivity index (χ0n) is 13.8. The minimum atomic E-state index is -1.14. The molecule has 0 unspecified atom stereocenters. The number of carbonyl (C=O) groups excluding carboxylic acids is 1. The maximum atomic E-state index is 13.6. The van der Waals surface area contributed by atoms with Gasteiger partial charge in [-0.05, 0) is 58.6 Å². The first-order valence-electron chi connectivity index (χ1n) is 7.68. The molecule has 130 valence electrons. The molecule has 0 fully saturated rings. The molecular formula is C19H17BrFNO3. The molecule has 2 rings (SSSR count). The van der Waals surface area contributed by atoms with E-state index in [1.165, 1.54) is 18.2 Å². The highest BCUT2D eigenvalue weighted by molar-refractivity contribution is 9.10. The van der Waals surface area contributed by atoms with Crippen LogP contribution in [0.1, 0.15) is 24.5 Å². The maximum Gasteiger partial charge on any atom is 0.310 e. The van der Waals surface area contributed by atoms with Crippen LogP contribution in [0.4, 0.5) is 15.8 Å². The van der Waals surface area contributed by atoms with Crippen molar-refractivity contribution >= 4 is 39.2 Å². The van der Waals surface area contributed by atoms with Crippen LogP contribution in [0.5, 0.6) is 0 Å². The van der Waals surface area contributed by atoms with Crippen molar-refractivity contribution in [1.82, 2.24) is 0 Å². The Kier molecular flexibility index (Phi) is 6.12. The Labute approximate surface area is 153 Å². The number of para-hydroxylation sites is 1. The topological polar surface area (TPSA) is 57.6 Å². The van der Waals surface area contributed by atoms with E-state index in [0.29, 0.717) is 17.8 Å². The lowest BCUT2D eigenvalue weighted by atomic mass is 10.0. The van der Waals surface area contributed by atoms with E-state index >= 15 is 0 Å². The van der Waals surface area contributed by atoms with Crippen molar-refractivity contribution < 1.29 is 19.1 Å². The smallest absolute Gasteiger partial charge is 0.310 e. The lowest BCUT2D eigenvalue weighted by Gasteiger charge is -2.29. The van der Waals surface area contributed by atoms with Crippen LogP contribution in [0.15, 0.2) is 46.6 Å². The summed E-state index contributed by atoms with van der Waals surface area (Å²) in [6.07, 6.45) is 0.199. The predicted molar refractivity (Wildman–Crippen MR) is 98.3 cm³/mol. The zero-order chi connectivity index (χ0) is 18.6. The Morgan fingerprint density at radius 3 is 2.60 bits per heavy atom. The fraction of sp³-hybridized carbons (Fsp3) is 0.211. The summed E-state index contributed by atoms with van der Waals surface area (Å²) >= 11 is 3.14. The van der Waals surface area contributed by atoms with Gasteiger partial charge in [-0.25, -0.2) is 9.18 Å². The molecule has 0 saturated heterocycles. The molecule has 6 heteroatoms. The SMILES string of the molecule is CCc1cccc(C)c1N(C(=C=O)CC(=O)O)c1ccc(F)c(Br)c1. The fourth-order valence-electron chi connectivity index (χ4n) is 2.67. The second-order valence-corrected chi connectivity index (χ2v) is 6.34. The summed E-state index contributed by atoms with van der Waals surface area (Å²) in [4.78, 5) is 24.3. The van der Waals surface area contributed by atoms with Crippen molar-refractivity contribution in [2.75, 3.05) is 4.90 Å². The first-order valence-corrected chi connectivity index (χ1v) is 8.47. The van der Waals surface area contributed by atoms with Crippen LogP contribution in [-0.2, 0) is 16.0 Å². The second kappa shape index (κ2) is 8.10. The molecule has 25 heavy (non-hydrogen) atoms. The van der Waals surface area contributed by atoms with Crippen LogP contribution in [0, 0.1) is 12.7 Å². The molecule has 0 aromatic heterocycles. The van der Waals surface area contributed by atoms with Crippen LogP contribution in [0.25, 0.3) is 0 Å². The molecule has 0 aliphatic rings. The Morgan fingerprint density at radius 2 is 2.04 bits per heavy atom. The third-order valence-corrected chi connectivity index (χ3v) is 4.40. The molecule has 2 aromatic rings. The van der Waals surface area contributed by atoms with Gasteiger partial charge in [-0.2, -0.15) is 0 Å². The van der Waals surface area contributed by atoms with Gasteiger partial charge in [0.2, 0.25) is 0 Å². The van der Waals surface area contributed by atoms with Crippen molar-refractivity contribution in [3.05, 3.63) is 63.5 Å². The van der Waals surface area contributed by atoms with Gasteiger partial charge in [0.05, 0.1) is 16.6 Å². The van der Waals surface area contributed by atoms with Gasteiger partial charge in [0.15, 0.2) is 0 Å². The summed E-state index contributed by atoms with van der Waals surface area (Å²) in [7, 11) is 0. The van der Waals surface area contributed by atoms with E-state index in [1.807, 2.05) is 32.0 Å². The lowest BCUT2D eigenvalue weighted by Crippen LogP contribution is -2.22. The number of hydrogen-bond donors (Lipinski definition) is 1. The van der Waals surface area contributed by atoms with Crippen molar-refractivity contribution in [2.45, 2.75) is 26.7 Å². The van der Waals surface area contributed by atoms with Crippen LogP contribution in [0.2, 0.25) is 0 Å². The molecule has 0 saturated carbocycles. The Bertz CT molecular complexity index is 860. The van der Waals surface area contributed by atoms with E-state index in [1.54, 1.807) is 10.8 Å². The molecule has 0 radical (unpaired) electrons. The molecule has 0 aliphatic carbocycles. The number of aliphatic carboxylic acids is 1. The number of anilines is 2. The lowest BCUT2D eigenvalue weighted by molar-refractivity contribution is -0.136. The van der Waals surface area contributed by atoms with Crippen LogP contribution >= 0.6 is 15.9 Å². The van der Waals surface area contributed by atoms with Crippen molar-refractivity contribution in [2.24, 2.45) is 0 Å². The maximum absolute atomic E-state index is 13.6. The summed E-state index contributed by atoms with van der Waals surface area (Å²) in [6, 6.07) is 9.98. The van der Waals surface area contributed by atoms with Gasteiger partial charge < -0.3 is 10.0 Å². The summed E-state index contributed by atoms with van der Waals surface area (Å²) < 4.78 is 13.9. The van der Waals surface area contributed by atoms with Gasteiger partial charge >= 0.3 is 5.97 Å². The Morgan fingerprint density at radius 1 is 1.32 bits per heavy atom. The number of carbonyl (C=O) groups is 1. The molecule has 0 spiro atoms. The second-order valence-electron chi connectivity index (χ2n) is 5.49. The molecule has 0 heterocycles. The standard InChI is InChI=1S/C19H17BrFNO3/c1-3-13-6-4-5-12(2)19(13)22(15(11-23)10-18(24)25)14-7-8-17(21)16(20)9-14/h4-9H,3,10H2,1-2H3,(H,24,25). The monoisotopic (exact) mass is 405 g/mol. The highest BCUT2D eigenvalue weighted by atomic mass is 79.9. The van der Waals surface area contributed by atoms with E-state index in [0.717, 1.165) is 11.1 Å². The first kappa shape index (κ1) is 18.9. The van der Waals surface area contributed by atoms with Gasteiger partial charge in [-0.15, -0.1) is 0 Å². The summed E-state index contributed by atoms with van der Waals surface area (Å²) in [5.74, 6) is 0.158. The highest BCUT2D eigenvalue weighted by Crippen LogP contribution is 2.37. The largest absolute Gasteiger partial charge is 0.481 e. The molecule has 4 nitrogen and oxygen atoms in total. The third kappa shape index (κ3) is 4.16. The molecule has 0 amide bonds. The van der Waals surface area contributed by atoms with E-state index in [-0.39, 0.29) is 10.2 Å². The fourth-order valence-corrected chi connectivity index (χ4v) is 3.04. The van der Waals surface area contributed by atoms with Crippen LogP contribution in [-0.4, -0.2) is 17.0 Å². The number of carboxylic acid groups (broad SMARTS) is 1. The van der Waals surface area contributed by atoms with Crippen LogP contribution < -0.4 is 4.90 Å². The van der Waals surface area contributed by atoms with E-state index in [4.69, 9.17) is 5.11 Å². The van der Waals surface area contributed by atoms with E-state index < -0.39 is 18.2 Å². The van der Waals surface area contributed by atoms with Crippen molar-refractivity contribution in [3.63, 3.8) is 0 Å². The third-order valence-electron chi connectivity index (χ3n) is 3.79. The minimum Gasteiger partial charge on any atom is -0.481 e. The van der Waals surface area contributed by atoms with Gasteiger partial charge in [0, 0.05) is 5.69 Å². The Hall–Kier alpha value is -2.43. The first-order chi connectivity index (χ1) is 11.9. The number of aryl methyl sites for hydroxylation is 2. The van der Waals surface area contributed by atoms with Gasteiger partial charge in [-0.1, -0.05) is 25.1 Å². The Balaban J connectivity index is 2.75. The van der Waals surface area contributed by atoms with Crippen LogP contribution in [0.3, 0.4) is 0 Å². The van der Waals surface area contributed by atoms with Crippen molar-refractivity contribution in [1.29, 1.82) is 0 Å². The highest BCUT2D eigenvalue weighted by Gasteiger charge is 2.23. The summed E-state index contributed by atoms with van der Waals surface area (Å²) in [6.45, 7) is 3.85. The molecule has 0 atom stereocenters. The average molecular weight is 406 g/mol. The van der Waals surface area contributed by atoms with Gasteiger partial charge in [-0.3, -0.25) is 4.79 Å². The number of rotatable bonds is 6. The zero-order valence-corrected chi connectivity index (χ0v) is 15.4. The average Bonchev–Trinajstić information content (AvgIpc) is 2.58. The predicted octanol–water partition coefficient (Wildman–Crippen LogP) is 4.79. The van der Waals surface area contributed by atoms with E-state index in [9.17, 15) is 14.0 Å². The quantitative estimate of drug-likeness (QED) is 0.702.